The highest BCUT2D eigenvalue weighted by Gasteiger charge is 2.48. The molecule has 0 aliphatic carbocycles. The number of likely N-dealkylation sites (N-methyl/N-ethyl adjacent to an activating group) is 1. The fourth-order valence-electron chi connectivity index (χ4n) is 4.16. The number of hydrogen-bond acceptors (Lipinski definition) is 3. The van der Waals surface area contributed by atoms with Crippen LogP contribution in [0.1, 0.15) is 24.0 Å². The van der Waals surface area contributed by atoms with Gasteiger partial charge >= 0.3 is 0 Å². The molecule has 3 saturated heterocycles. The molecule has 2 bridgehead atoms. The smallest absolute Gasteiger partial charge is 0.0487 e. The Morgan fingerprint density at radius 1 is 1.30 bits per heavy atom. The summed E-state index contributed by atoms with van der Waals surface area (Å²) in [7, 11) is 2.26. The van der Waals surface area contributed by atoms with Gasteiger partial charge in [-0.25, -0.2) is 0 Å². The van der Waals surface area contributed by atoms with Crippen molar-refractivity contribution in [3.8, 4) is 0 Å². The molecule has 1 aromatic carbocycles. The molecule has 110 valence electrons. The van der Waals surface area contributed by atoms with Crippen LogP contribution >= 0.6 is 0 Å². The van der Waals surface area contributed by atoms with Crippen LogP contribution in [0, 0.1) is 12.8 Å². The molecule has 1 aromatic rings. The van der Waals surface area contributed by atoms with Crippen LogP contribution in [0.3, 0.4) is 0 Å². The van der Waals surface area contributed by atoms with Gasteiger partial charge in [0.1, 0.15) is 0 Å². The molecule has 0 spiro atoms. The van der Waals surface area contributed by atoms with E-state index in [-0.39, 0.29) is 5.54 Å². The lowest BCUT2D eigenvalue weighted by Gasteiger charge is -2.57. The zero-order chi connectivity index (χ0) is 14.2. The van der Waals surface area contributed by atoms with Crippen molar-refractivity contribution in [3.63, 3.8) is 0 Å². The predicted octanol–water partition coefficient (Wildman–Crippen LogP) is 1.85. The van der Waals surface area contributed by atoms with E-state index in [1.807, 2.05) is 0 Å². The first-order valence-electron chi connectivity index (χ1n) is 7.84. The molecule has 3 nitrogen and oxygen atoms in total. The zero-order valence-corrected chi connectivity index (χ0v) is 12.8. The van der Waals surface area contributed by atoms with Crippen LogP contribution in [0.2, 0.25) is 0 Å². The summed E-state index contributed by atoms with van der Waals surface area (Å²) in [5.74, 6) is 0.770. The molecule has 3 fully saturated rings. The Labute approximate surface area is 122 Å². The van der Waals surface area contributed by atoms with Gasteiger partial charge in [0, 0.05) is 25.2 Å². The van der Waals surface area contributed by atoms with E-state index < -0.39 is 0 Å². The van der Waals surface area contributed by atoms with Gasteiger partial charge in [-0.05, 0) is 56.9 Å². The van der Waals surface area contributed by atoms with Crippen molar-refractivity contribution in [1.82, 2.24) is 9.80 Å². The van der Waals surface area contributed by atoms with Gasteiger partial charge in [0.15, 0.2) is 0 Å². The molecule has 20 heavy (non-hydrogen) atoms. The van der Waals surface area contributed by atoms with E-state index in [1.54, 1.807) is 0 Å². The van der Waals surface area contributed by atoms with Crippen molar-refractivity contribution in [2.75, 3.05) is 33.2 Å². The quantitative estimate of drug-likeness (QED) is 0.909. The average molecular weight is 273 g/mol. The maximum atomic E-state index is 6.25. The lowest BCUT2D eigenvalue weighted by Crippen LogP contribution is -2.69. The Kier molecular flexibility index (Phi) is 3.85. The monoisotopic (exact) mass is 273 g/mol. The van der Waals surface area contributed by atoms with Crippen molar-refractivity contribution in [1.29, 1.82) is 0 Å². The Morgan fingerprint density at radius 2 is 2.00 bits per heavy atom. The second-order valence-electron chi connectivity index (χ2n) is 6.64. The van der Waals surface area contributed by atoms with E-state index in [1.165, 1.54) is 37.1 Å². The summed E-state index contributed by atoms with van der Waals surface area (Å²) in [5.41, 5.74) is 9.24. The van der Waals surface area contributed by atoms with Crippen LogP contribution in [0.4, 0.5) is 0 Å². The van der Waals surface area contributed by atoms with Crippen LogP contribution in [0.15, 0.2) is 24.3 Å². The van der Waals surface area contributed by atoms with Gasteiger partial charge in [-0.2, -0.15) is 0 Å². The molecule has 0 amide bonds. The Morgan fingerprint density at radius 3 is 2.55 bits per heavy atom. The Bertz CT molecular complexity index is 465. The number of aryl methyl sites for hydroxylation is 1. The number of nitrogens with zero attached hydrogens (tertiary/aromatic N) is 2. The highest BCUT2D eigenvalue weighted by atomic mass is 15.3. The summed E-state index contributed by atoms with van der Waals surface area (Å²) in [6.07, 6.45) is 2.63. The number of piperidine rings is 3. The third-order valence-corrected chi connectivity index (χ3v) is 5.63. The van der Waals surface area contributed by atoms with Gasteiger partial charge in [0.05, 0.1) is 0 Å². The third kappa shape index (κ3) is 2.28. The topological polar surface area (TPSA) is 32.5 Å². The summed E-state index contributed by atoms with van der Waals surface area (Å²) in [5, 5.41) is 0. The summed E-state index contributed by atoms with van der Waals surface area (Å²) >= 11 is 0. The Hall–Kier alpha value is -0.900. The van der Waals surface area contributed by atoms with Gasteiger partial charge in [-0.1, -0.05) is 24.3 Å². The molecule has 0 radical (unpaired) electrons. The second-order valence-corrected chi connectivity index (χ2v) is 6.64. The first-order valence-corrected chi connectivity index (χ1v) is 7.84. The van der Waals surface area contributed by atoms with Crippen molar-refractivity contribution in [2.24, 2.45) is 11.7 Å². The van der Waals surface area contributed by atoms with E-state index in [9.17, 15) is 0 Å². The third-order valence-electron chi connectivity index (χ3n) is 5.63. The largest absolute Gasteiger partial charge is 0.329 e. The SMILES string of the molecule is Cc1ccccc1CN(C)C1(CN)CN2CCC1CC2. The molecule has 2 N–H and O–H groups in total. The van der Waals surface area contributed by atoms with Crippen LogP contribution in [0.5, 0.6) is 0 Å². The van der Waals surface area contributed by atoms with E-state index in [2.05, 4.69) is 48.0 Å². The Balaban J connectivity index is 1.81. The summed E-state index contributed by atoms with van der Waals surface area (Å²) in [4.78, 5) is 5.13. The number of nitrogens with two attached hydrogens (primary N) is 1. The lowest BCUT2D eigenvalue weighted by atomic mass is 9.71. The van der Waals surface area contributed by atoms with Crippen LogP contribution < -0.4 is 5.73 Å². The highest BCUT2D eigenvalue weighted by molar-refractivity contribution is 5.26. The van der Waals surface area contributed by atoms with Gasteiger partial charge in [0.25, 0.3) is 0 Å². The minimum atomic E-state index is 0.179. The van der Waals surface area contributed by atoms with Crippen molar-refractivity contribution < 1.29 is 0 Å². The van der Waals surface area contributed by atoms with Crippen molar-refractivity contribution in [2.45, 2.75) is 31.8 Å². The number of rotatable bonds is 4. The number of hydrogen-bond donors (Lipinski definition) is 1. The second kappa shape index (κ2) is 5.47. The van der Waals surface area contributed by atoms with E-state index in [4.69, 9.17) is 5.73 Å². The number of fused-ring (bicyclic) bond motifs is 3. The summed E-state index contributed by atoms with van der Waals surface area (Å²) in [6, 6.07) is 8.71. The van der Waals surface area contributed by atoms with Crippen LogP contribution in [-0.4, -0.2) is 48.6 Å². The molecule has 1 unspecified atom stereocenters. The van der Waals surface area contributed by atoms with Crippen molar-refractivity contribution >= 4 is 0 Å². The minimum absolute atomic E-state index is 0.179. The summed E-state index contributed by atoms with van der Waals surface area (Å²) < 4.78 is 0. The minimum Gasteiger partial charge on any atom is -0.329 e. The normalized spacial score (nSPS) is 32.8. The molecule has 4 rings (SSSR count). The fourth-order valence-corrected chi connectivity index (χ4v) is 4.16. The highest BCUT2D eigenvalue weighted by Crippen LogP contribution is 2.39. The molecule has 3 heteroatoms. The standard InChI is InChI=1S/C17H27N3/c1-14-5-3-4-6-15(14)11-19(2)17(12-18)13-20-9-7-16(17)8-10-20/h3-6,16H,7-13,18H2,1-2H3. The van der Waals surface area contributed by atoms with E-state index in [0.29, 0.717) is 0 Å². The molecule has 3 aliphatic rings. The van der Waals surface area contributed by atoms with Gasteiger partial charge < -0.3 is 10.6 Å². The lowest BCUT2D eigenvalue weighted by molar-refractivity contribution is -0.0596. The average Bonchev–Trinajstić information content (AvgIpc) is 2.50. The molecular weight excluding hydrogens is 246 g/mol. The van der Waals surface area contributed by atoms with Crippen LogP contribution in [-0.2, 0) is 6.54 Å². The first kappa shape index (κ1) is 14.1. The number of benzene rings is 1. The molecule has 0 aromatic heterocycles. The predicted molar refractivity (Wildman–Crippen MR) is 83.6 cm³/mol. The first-order chi connectivity index (χ1) is 9.65. The maximum Gasteiger partial charge on any atom is 0.0487 e. The molecule has 3 heterocycles. The molecule has 0 saturated carbocycles. The molecule has 1 atom stereocenters. The molecular formula is C17H27N3. The van der Waals surface area contributed by atoms with E-state index >= 15 is 0 Å². The summed E-state index contributed by atoms with van der Waals surface area (Å²) in [6.45, 7) is 7.67. The van der Waals surface area contributed by atoms with E-state index in [0.717, 1.165) is 25.6 Å². The molecule has 3 aliphatic heterocycles. The van der Waals surface area contributed by atoms with Gasteiger partial charge in [-0.15, -0.1) is 0 Å². The fraction of sp³-hybridized carbons (Fsp3) is 0.647. The van der Waals surface area contributed by atoms with Crippen molar-refractivity contribution in [3.05, 3.63) is 35.4 Å². The van der Waals surface area contributed by atoms with Crippen LogP contribution in [0.25, 0.3) is 0 Å². The van der Waals surface area contributed by atoms with Gasteiger partial charge in [-0.3, -0.25) is 4.90 Å². The maximum absolute atomic E-state index is 6.25. The van der Waals surface area contributed by atoms with Gasteiger partial charge in [0.2, 0.25) is 0 Å². The zero-order valence-electron chi connectivity index (χ0n) is 12.8.